The molecule has 1 saturated heterocycles. The fourth-order valence-electron chi connectivity index (χ4n) is 3.17. The third-order valence-corrected chi connectivity index (χ3v) is 4.89. The lowest BCUT2D eigenvalue weighted by Crippen LogP contribution is -2.40. The van der Waals surface area contributed by atoms with Crippen molar-refractivity contribution < 1.29 is 9.53 Å². The Balaban J connectivity index is 0.000000237. The van der Waals surface area contributed by atoms with Crippen molar-refractivity contribution in [2.45, 2.75) is 52.4 Å². The van der Waals surface area contributed by atoms with Crippen LogP contribution in [0.2, 0.25) is 0 Å². The summed E-state index contributed by atoms with van der Waals surface area (Å²) in [5, 5.41) is 4.10. The smallest absolute Gasteiger partial charge is 0.254 e. The molecule has 0 unspecified atom stereocenters. The molecule has 0 atom stereocenters. The monoisotopic (exact) mass is 385 g/mol. The summed E-state index contributed by atoms with van der Waals surface area (Å²) < 4.78 is 7.17. The molecule has 1 fully saturated rings. The quantitative estimate of drug-likeness (QED) is 0.740. The summed E-state index contributed by atoms with van der Waals surface area (Å²) in [6.45, 7) is 15.7. The van der Waals surface area contributed by atoms with E-state index in [9.17, 15) is 4.79 Å². The Morgan fingerprint density at radius 1 is 0.929 bits per heavy atom. The second kappa shape index (κ2) is 8.91. The minimum absolute atomic E-state index is 0.110. The third kappa shape index (κ3) is 5.93. The Morgan fingerprint density at radius 2 is 1.50 bits per heavy atom. The van der Waals surface area contributed by atoms with Crippen molar-refractivity contribution in [3.63, 3.8) is 0 Å². The van der Waals surface area contributed by atoms with Gasteiger partial charge in [-0.15, -0.1) is 0 Å². The van der Waals surface area contributed by atoms with Crippen LogP contribution in [0.25, 0.3) is 0 Å². The molecule has 0 spiro atoms. The van der Waals surface area contributed by atoms with Gasteiger partial charge in [-0.2, -0.15) is 5.10 Å². The van der Waals surface area contributed by atoms with Crippen molar-refractivity contribution in [1.29, 1.82) is 0 Å². The van der Waals surface area contributed by atoms with Crippen LogP contribution in [0.15, 0.2) is 36.5 Å². The van der Waals surface area contributed by atoms with Crippen molar-refractivity contribution in [2.75, 3.05) is 26.3 Å². The molecule has 1 aliphatic heterocycles. The molecule has 2 heterocycles. The zero-order valence-electron chi connectivity index (χ0n) is 18.5. The van der Waals surface area contributed by atoms with E-state index < -0.39 is 0 Å². The number of benzene rings is 1. The molecule has 1 aromatic carbocycles. The van der Waals surface area contributed by atoms with E-state index in [1.807, 2.05) is 47.1 Å². The summed E-state index contributed by atoms with van der Waals surface area (Å²) in [5.74, 6) is 0.110. The Kier molecular flexibility index (Phi) is 7.05. The topological polar surface area (TPSA) is 47.4 Å². The maximum atomic E-state index is 12.2. The van der Waals surface area contributed by atoms with Crippen LogP contribution < -0.4 is 0 Å². The molecule has 0 N–H and O–H groups in total. The Hall–Kier alpha value is -2.14. The van der Waals surface area contributed by atoms with Crippen LogP contribution in [0.3, 0.4) is 0 Å². The second-order valence-electron chi connectivity index (χ2n) is 9.32. The van der Waals surface area contributed by atoms with Gasteiger partial charge >= 0.3 is 0 Å². The van der Waals surface area contributed by atoms with E-state index in [0.717, 1.165) is 5.56 Å². The lowest BCUT2D eigenvalue weighted by atomic mass is 9.86. The number of morpholine rings is 1. The number of hydrogen-bond donors (Lipinski definition) is 0. The summed E-state index contributed by atoms with van der Waals surface area (Å²) in [6, 6.07) is 10.0. The summed E-state index contributed by atoms with van der Waals surface area (Å²) >= 11 is 0. The van der Waals surface area contributed by atoms with Gasteiger partial charge in [-0.1, -0.05) is 53.7 Å². The van der Waals surface area contributed by atoms with Crippen LogP contribution >= 0.6 is 0 Å². The molecule has 154 valence electrons. The van der Waals surface area contributed by atoms with E-state index in [-0.39, 0.29) is 16.7 Å². The molecule has 1 amide bonds. The van der Waals surface area contributed by atoms with Gasteiger partial charge in [-0.3, -0.25) is 9.48 Å². The SMILES string of the molecule is CC(C)(C)c1ccc(C(=O)N2CCOCC2)cc1.Cn1nccc1C(C)(C)C. The molecule has 1 aromatic heterocycles. The molecule has 2 aromatic rings. The number of ether oxygens (including phenoxy) is 1. The van der Waals surface area contributed by atoms with Crippen molar-refractivity contribution in [1.82, 2.24) is 14.7 Å². The molecule has 3 rings (SSSR count). The summed E-state index contributed by atoms with van der Waals surface area (Å²) in [4.78, 5) is 14.1. The Labute approximate surface area is 169 Å². The van der Waals surface area contributed by atoms with Gasteiger partial charge in [0.1, 0.15) is 0 Å². The molecule has 5 heteroatoms. The minimum atomic E-state index is 0.110. The van der Waals surface area contributed by atoms with Gasteiger partial charge in [0.2, 0.25) is 0 Å². The van der Waals surface area contributed by atoms with Crippen molar-refractivity contribution in [3.8, 4) is 0 Å². The van der Waals surface area contributed by atoms with Crippen LogP contribution in [-0.2, 0) is 22.6 Å². The van der Waals surface area contributed by atoms with Gasteiger partial charge in [0.15, 0.2) is 0 Å². The second-order valence-corrected chi connectivity index (χ2v) is 9.32. The highest BCUT2D eigenvalue weighted by Crippen LogP contribution is 2.22. The number of nitrogens with zero attached hydrogens (tertiary/aromatic N) is 3. The Morgan fingerprint density at radius 3 is 1.89 bits per heavy atom. The van der Waals surface area contributed by atoms with E-state index in [1.165, 1.54) is 11.3 Å². The van der Waals surface area contributed by atoms with Crippen LogP contribution in [-0.4, -0.2) is 46.9 Å². The number of carbonyl (C=O) groups is 1. The van der Waals surface area contributed by atoms with Crippen molar-refractivity contribution >= 4 is 5.91 Å². The van der Waals surface area contributed by atoms with Gasteiger partial charge in [0, 0.05) is 43.0 Å². The zero-order valence-corrected chi connectivity index (χ0v) is 18.5. The number of aryl methyl sites for hydroxylation is 1. The fourth-order valence-corrected chi connectivity index (χ4v) is 3.17. The van der Waals surface area contributed by atoms with Gasteiger partial charge in [-0.25, -0.2) is 0 Å². The maximum absolute atomic E-state index is 12.2. The summed E-state index contributed by atoms with van der Waals surface area (Å²) in [5.41, 5.74) is 3.63. The molecule has 28 heavy (non-hydrogen) atoms. The highest BCUT2D eigenvalue weighted by atomic mass is 16.5. The van der Waals surface area contributed by atoms with Gasteiger partial charge in [0.05, 0.1) is 13.2 Å². The predicted molar refractivity (Wildman–Crippen MR) is 114 cm³/mol. The van der Waals surface area contributed by atoms with Gasteiger partial charge in [0.25, 0.3) is 5.91 Å². The molecular weight excluding hydrogens is 350 g/mol. The number of amides is 1. The number of aromatic nitrogens is 2. The average Bonchev–Trinajstić information content (AvgIpc) is 3.08. The van der Waals surface area contributed by atoms with Crippen LogP contribution in [0.4, 0.5) is 0 Å². The molecule has 5 nitrogen and oxygen atoms in total. The average molecular weight is 386 g/mol. The first-order valence-corrected chi connectivity index (χ1v) is 9.96. The first kappa shape index (κ1) is 22.2. The van der Waals surface area contributed by atoms with E-state index in [4.69, 9.17) is 4.74 Å². The predicted octanol–water partition coefficient (Wildman–Crippen LogP) is 4.17. The summed E-state index contributed by atoms with van der Waals surface area (Å²) in [7, 11) is 1.97. The van der Waals surface area contributed by atoms with Crippen molar-refractivity contribution in [3.05, 3.63) is 53.3 Å². The first-order chi connectivity index (χ1) is 13.0. The van der Waals surface area contributed by atoms with E-state index >= 15 is 0 Å². The zero-order chi connectivity index (χ0) is 20.9. The standard InChI is InChI=1S/C15H21NO2.C8H14N2/c1-15(2,3)13-6-4-12(5-7-13)14(17)16-8-10-18-11-9-16;1-8(2,3)7-5-6-9-10(7)4/h4-7H,8-11H2,1-3H3;5-6H,1-4H3. The van der Waals surface area contributed by atoms with Crippen LogP contribution in [0, 0.1) is 0 Å². The van der Waals surface area contributed by atoms with E-state index in [1.54, 1.807) is 0 Å². The van der Waals surface area contributed by atoms with Crippen LogP contribution in [0.5, 0.6) is 0 Å². The number of hydrogen-bond acceptors (Lipinski definition) is 3. The molecule has 0 radical (unpaired) electrons. The van der Waals surface area contributed by atoms with Crippen molar-refractivity contribution in [2.24, 2.45) is 7.05 Å². The molecule has 1 aliphatic rings. The minimum Gasteiger partial charge on any atom is -0.378 e. The molecule has 0 aliphatic carbocycles. The van der Waals surface area contributed by atoms with Gasteiger partial charge < -0.3 is 9.64 Å². The first-order valence-electron chi connectivity index (χ1n) is 9.96. The van der Waals surface area contributed by atoms with Crippen LogP contribution in [0.1, 0.15) is 63.2 Å². The largest absolute Gasteiger partial charge is 0.378 e. The molecular formula is C23H35N3O2. The Bertz CT molecular complexity index is 758. The normalized spacial score (nSPS) is 15.0. The molecule has 0 saturated carbocycles. The number of rotatable bonds is 1. The number of carbonyl (C=O) groups excluding carboxylic acids is 1. The lowest BCUT2D eigenvalue weighted by molar-refractivity contribution is 0.0303. The molecule has 0 bridgehead atoms. The van der Waals surface area contributed by atoms with E-state index in [0.29, 0.717) is 26.3 Å². The highest BCUT2D eigenvalue weighted by Gasteiger charge is 2.19. The lowest BCUT2D eigenvalue weighted by Gasteiger charge is -2.27. The highest BCUT2D eigenvalue weighted by molar-refractivity contribution is 5.94. The maximum Gasteiger partial charge on any atom is 0.254 e. The van der Waals surface area contributed by atoms with E-state index in [2.05, 4.69) is 52.7 Å². The third-order valence-electron chi connectivity index (χ3n) is 4.89. The van der Waals surface area contributed by atoms with Gasteiger partial charge in [-0.05, 0) is 29.2 Å². The fraction of sp³-hybridized carbons (Fsp3) is 0.565. The summed E-state index contributed by atoms with van der Waals surface area (Å²) in [6.07, 6.45) is 1.83.